The number of para-hydroxylation sites is 1. The van der Waals surface area contributed by atoms with Gasteiger partial charge in [-0.15, -0.1) is 48.2 Å². The average Bonchev–Trinajstić information content (AvgIpc) is 3.90. The second-order valence-corrected chi connectivity index (χ2v) is 15.0. The Hall–Kier alpha value is -5.62. The molecule has 1 fully saturated rings. The standard InChI is InChI=1S/C17H21N2.3C7H7.3C6F5.Al.Zr/c1-12(2)15-8-5-9-16(13(3)4)17(15)19-11-14-7-6-10-18-14;3*1-7-5-3-2-4-6-7;3*7-2-1-3(8)5(10)6(11)4(2)9;;/h5-13H,1-4H3;3*2-6H,1H2;;;;;/q7*-1;+3;+4. The van der Waals surface area contributed by atoms with Crippen LogP contribution in [0.1, 0.15) is 67.5 Å². The first kappa shape index (κ1) is 69.4. The number of nitrogens with zero attached hydrogens (tertiary/aromatic N) is 2. The molecule has 6 radical (unpaired) electrons. The minimum Gasteiger partial charge on any atom is -0.663 e. The molecule has 1 heterocycles. The van der Waals surface area contributed by atoms with Gasteiger partial charge in [-0.3, -0.25) is 31.3 Å². The Balaban J connectivity index is 0.000000874. The van der Waals surface area contributed by atoms with Gasteiger partial charge in [0.25, 0.3) is 0 Å². The van der Waals surface area contributed by atoms with Crippen molar-refractivity contribution in [2.75, 3.05) is 0 Å². The third-order valence-corrected chi connectivity index (χ3v) is 8.74. The fourth-order valence-corrected chi connectivity index (χ4v) is 5.10. The van der Waals surface area contributed by atoms with Gasteiger partial charge in [0.15, 0.2) is 0 Å². The largest absolute Gasteiger partial charge is 4.00 e. The molecule has 0 atom stereocenters. The zero-order chi connectivity index (χ0) is 54.9. The third-order valence-electron chi connectivity index (χ3n) is 8.74. The van der Waals surface area contributed by atoms with Crippen LogP contribution in [0.4, 0.5) is 71.5 Å². The van der Waals surface area contributed by atoms with Crippen molar-refractivity contribution in [2.45, 2.75) is 39.5 Å². The van der Waals surface area contributed by atoms with E-state index in [1.54, 1.807) is 6.20 Å². The zero-order valence-electron chi connectivity index (χ0n) is 40.1. The maximum absolute atomic E-state index is 12.0. The second kappa shape index (κ2) is 35.6. The summed E-state index contributed by atoms with van der Waals surface area (Å²) in [5, 5.41) is 0. The number of hydrogen-bond acceptors (Lipinski definition) is 1. The summed E-state index contributed by atoms with van der Waals surface area (Å²) < 4.78 is 180. The van der Waals surface area contributed by atoms with Crippen LogP contribution < -0.4 is 4.98 Å². The van der Waals surface area contributed by atoms with E-state index < -0.39 is 87.3 Å². The number of aliphatic imine (C=N–C) groups is 1. The smallest absolute Gasteiger partial charge is 0.663 e. The predicted molar refractivity (Wildman–Crippen MR) is 254 cm³/mol. The molecule has 1 aliphatic carbocycles. The van der Waals surface area contributed by atoms with Crippen LogP contribution >= 0.6 is 0 Å². The van der Waals surface area contributed by atoms with Crippen LogP contribution in [0.25, 0.3) is 0 Å². The van der Waals surface area contributed by atoms with E-state index >= 15 is 0 Å². The molecule has 2 nitrogen and oxygen atoms in total. The third kappa shape index (κ3) is 23.9. The van der Waals surface area contributed by atoms with Crippen LogP contribution in [0.5, 0.6) is 0 Å². The number of aromatic nitrogens is 1. The Morgan fingerprint density at radius 3 is 0.973 bits per heavy atom. The molecule has 0 bridgehead atoms. The van der Waals surface area contributed by atoms with Crippen molar-refractivity contribution in [2.24, 2.45) is 4.99 Å². The van der Waals surface area contributed by atoms with Gasteiger partial charge in [0.1, 0.15) is 0 Å². The zero-order valence-corrected chi connectivity index (χ0v) is 43.7. The molecule has 0 aliphatic heterocycles. The van der Waals surface area contributed by atoms with Crippen LogP contribution in [0, 0.1) is 164 Å². The molecule has 6 aromatic carbocycles. The van der Waals surface area contributed by atoms with Crippen molar-refractivity contribution in [3.05, 3.63) is 289 Å². The Morgan fingerprint density at radius 1 is 0.427 bits per heavy atom. The molecule has 75 heavy (non-hydrogen) atoms. The molecule has 0 saturated heterocycles. The molecule has 1 aliphatic rings. The summed E-state index contributed by atoms with van der Waals surface area (Å²) >= 11 is 0. The van der Waals surface area contributed by atoms with Gasteiger partial charge in [-0.1, -0.05) is 83.0 Å². The van der Waals surface area contributed by atoms with E-state index in [-0.39, 0.29) is 43.6 Å². The maximum atomic E-state index is 12.0. The second-order valence-electron chi connectivity index (χ2n) is 15.0. The topological polar surface area (TPSA) is 26.5 Å². The Labute approximate surface area is 457 Å². The summed E-state index contributed by atoms with van der Waals surface area (Å²) in [7, 11) is 0. The quantitative estimate of drug-likeness (QED) is 0.0431. The number of halogens is 15. The molecule has 0 N–H and O–H groups in total. The minimum absolute atomic E-state index is 0. The van der Waals surface area contributed by atoms with Crippen molar-refractivity contribution in [1.29, 1.82) is 0 Å². The molecule has 7 aromatic rings. The van der Waals surface area contributed by atoms with Gasteiger partial charge in [0.2, 0.25) is 0 Å². The van der Waals surface area contributed by atoms with E-state index in [2.05, 4.69) is 71.6 Å². The van der Waals surface area contributed by atoms with Gasteiger partial charge in [0, 0.05) is 6.21 Å². The molecular formula is C56H42AlF15N2Zr. The van der Waals surface area contributed by atoms with Crippen molar-refractivity contribution >= 4 is 29.3 Å². The van der Waals surface area contributed by atoms with Crippen molar-refractivity contribution in [3.63, 3.8) is 0 Å². The number of rotatable bonds is 4. The van der Waals surface area contributed by atoms with E-state index in [1.807, 2.05) is 111 Å². The Kier molecular flexibility index (Phi) is 32.9. The van der Waals surface area contributed by atoms with Gasteiger partial charge in [-0.05, 0) is 42.2 Å². The maximum Gasteiger partial charge on any atom is 4.00 e. The van der Waals surface area contributed by atoms with Gasteiger partial charge in [-0.2, -0.15) is 61.4 Å². The Bertz CT molecular complexity index is 2480. The number of hydrogen-bond donors (Lipinski definition) is 0. The summed E-state index contributed by atoms with van der Waals surface area (Å²) in [6.07, 6.45) is 13.5. The molecule has 0 spiro atoms. The fraction of sp³-hybridized carbons (Fsp3) is 0.107. The van der Waals surface area contributed by atoms with Gasteiger partial charge in [0.05, 0.1) is 92.9 Å². The van der Waals surface area contributed by atoms with Gasteiger partial charge < -0.3 is 11.9 Å². The SMILES string of the molecule is CC(C)c1cccc(C(C)C)c1N=Cc1ccc[n-]1.Fc1[c-]c(F)c(F)c(F)c1F.Fc1[c-]c(F)c(F)c(F)c1F.Fc1[c-]c(F)c(F)c(F)c1F.[Al+3].[CH2-][C]1[CH][CH][CH][CH][CH]1.[CH2-]c1ccccc1.[CH2-]c1ccccc1.[Zr+4]. The first-order valence-electron chi connectivity index (χ1n) is 21.0. The molecule has 19 heteroatoms. The minimum atomic E-state index is -2.17. The van der Waals surface area contributed by atoms with Crippen LogP contribution in [-0.2, 0) is 26.2 Å². The summed E-state index contributed by atoms with van der Waals surface area (Å²) in [5.74, 6) is -28.1. The van der Waals surface area contributed by atoms with E-state index in [0.29, 0.717) is 11.8 Å². The van der Waals surface area contributed by atoms with E-state index in [1.165, 1.54) is 11.1 Å². The number of benzene rings is 6. The van der Waals surface area contributed by atoms with E-state index in [4.69, 9.17) is 4.99 Å². The molecule has 388 valence electrons. The van der Waals surface area contributed by atoms with Crippen molar-refractivity contribution in [3.8, 4) is 0 Å². The molecular weight excluding hydrogens is 1100 g/mol. The van der Waals surface area contributed by atoms with Crippen LogP contribution in [0.3, 0.4) is 0 Å². The summed E-state index contributed by atoms with van der Waals surface area (Å²) in [4.78, 5) is 8.93. The summed E-state index contributed by atoms with van der Waals surface area (Å²) in [6.45, 7) is 20.0. The molecule has 0 amide bonds. The fourth-order valence-electron chi connectivity index (χ4n) is 5.10. The van der Waals surface area contributed by atoms with E-state index in [9.17, 15) is 65.9 Å². The van der Waals surface area contributed by atoms with Crippen LogP contribution in [-0.4, -0.2) is 23.6 Å². The first-order chi connectivity index (χ1) is 34.4. The van der Waals surface area contributed by atoms with Gasteiger partial charge >= 0.3 is 43.6 Å². The average molecular weight is 1150 g/mol. The van der Waals surface area contributed by atoms with Crippen LogP contribution in [0.15, 0.2) is 102 Å². The molecule has 1 saturated carbocycles. The van der Waals surface area contributed by atoms with Crippen molar-refractivity contribution in [1.82, 2.24) is 4.98 Å². The monoisotopic (exact) mass is 1140 g/mol. The predicted octanol–water partition coefficient (Wildman–Crippen LogP) is 16.0. The van der Waals surface area contributed by atoms with Crippen molar-refractivity contribution < 1.29 is 92.1 Å². The van der Waals surface area contributed by atoms with Crippen LogP contribution in [0.2, 0.25) is 0 Å². The molecule has 1 aromatic heterocycles. The van der Waals surface area contributed by atoms with E-state index in [0.717, 1.165) is 46.6 Å². The first-order valence-corrected chi connectivity index (χ1v) is 21.0. The summed E-state index contributed by atoms with van der Waals surface area (Å²) in [5.41, 5.74) is 6.76. The Morgan fingerprint density at radius 2 is 0.747 bits per heavy atom. The van der Waals surface area contributed by atoms with Gasteiger partial charge in [-0.25, -0.2) is 39.5 Å². The summed E-state index contributed by atoms with van der Waals surface area (Å²) in [6, 6.07) is 33.2. The molecule has 0 unspecified atom stereocenters. The normalized spacial score (nSPS) is 11.5. The molecule has 8 rings (SSSR count).